The van der Waals surface area contributed by atoms with Gasteiger partial charge in [0.1, 0.15) is 5.75 Å². The summed E-state index contributed by atoms with van der Waals surface area (Å²) in [6.45, 7) is 0. The predicted octanol–water partition coefficient (Wildman–Crippen LogP) is 4.33. The van der Waals surface area contributed by atoms with Gasteiger partial charge < -0.3 is 10.1 Å². The van der Waals surface area contributed by atoms with Crippen molar-refractivity contribution in [3.8, 4) is 5.75 Å². The lowest BCUT2D eigenvalue weighted by molar-refractivity contribution is -0.113. The molecule has 0 fully saturated rings. The minimum Gasteiger partial charge on any atom is -0.497 e. The zero-order valence-electron chi connectivity index (χ0n) is 11.6. The van der Waals surface area contributed by atoms with E-state index >= 15 is 0 Å². The van der Waals surface area contributed by atoms with Crippen molar-refractivity contribution < 1.29 is 9.53 Å². The van der Waals surface area contributed by atoms with Gasteiger partial charge in [0, 0.05) is 15.9 Å². The van der Waals surface area contributed by atoms with Gasteiger partial charge in [0.25, 0.3) is 0 Å². The summed E-state index contributed by atoms with van der Waals surface area (Å²) < 4.78 is 6.14. The molecule has 0 heterocycles. The minimum atomic E-state index is 0.00211. The van der Waals surface area contributed by atoms with E-state index in [0.717, 1.165) is 21.7 Å². The fraction of sp³-hybridized carbons (Fsp3) is 0.188. The lowest BCUT2D eigenvalue weighted by Crippen LogP contribution is -2.14. The summed E-state index contributed by atoms with van der Waals surface area (Å²) in [5.41, 5.74) is 1.99. The van der Waals surface area contributed by atoms with E-state index < -0.39 is 0 Å². The van der Waals surface area contributed by atoms with Gasteiger partial charge in [-0.3, -0.25) is 4.79 Å². The maximum Gasteiger partial charge on any atom is 0.234 e. The van der Waals surface area contributed by atoms with E-state index in [4.69, 9.17) is 4.74 Å². The molecule has 3 nitrogen and oxygen atoms in total. The molecule has 0 saturated carbocycles. The monoisotopic (exact) mass is 365 g/mol. The fourth-order valence-electron chi connectivity index (χ4n) is 1.71. The van der Waals surface area contributed by atoms with E-state index in [0.29, 0.717) is 5.75 Å². The van der Waals surface area contributed by atoms with Gasteiger partial charge in [-0.05, 0) is 42.0 Å². The van der Waals surface area contributed by atoms with E-state index in [1.54, 1.807) is 18.9 Å². The number of carbonyl (C=O) groups is 1. The highest BCUT2D eigenvalue weighted by Crippen LogP contribution is 2.17. The van der Waals surface area contributed by atoms with Crippen molar-refractivity contribution in [3.63, 3.8) is 0 Å². The molecule has 2 rings (SSSR count). The highest BCUT2D eigenvalue weighted by atomic mass is 79.9. The summed E-state index contributed by atoms with van der Waals surface area (Å²) in [7, 11) is 1.62. The number of benzene rings is 2. The Kier molecular flexibility index (Phi) is 6.14. The van der Waals surface area contributed by atoms with Crippen LogP contribution in [-0.2, 0) is 10.5 Å². The first-order chi connectivity index (χ1) is 10.2. The second kappa shape index (κ2) is 8.10. The number of anilines is 1. The number of hydrogen-bond donors (Lipinski definition) is 1. The lowest BCUT2D eigenvalue weighted by Gasteiger charge is -2.06. The number of halogens is 1. The number of hydrogen-bond acceptors (Lipinski definition) is 3. The van der Waals surface area contributed by atoms with Gasteiger partial charge in [-0.1, -0.05) is 28.1 Å². The molecule has 2 aromatic rings. The summed E-state index contributed by atoms with van der Waals surface area (Å²) in [5, 5.41) is 2.87. The average Bonchev–Trinajstić information content (AvgIpc) is 2.50. The zero-order valence-corrected chi connectivity index (χ0v) is 14.0. The van der Waals surface area contributed by atoms with Crippen molar-refractivity contribution in [3.05, 3.63) is 58.6 Å². The molecule has 0 aliphatic rings. The van der Waals surface area contributed by atoms with E-state index in [9.17, 15) is 4.79 Å². The van der Waals surface area contributed by atoms with Crippen molar-refractivity contribution >= 4 is 39.3 Å². The molecule has 5 heteroatoms. The van der Waals surface area contributed by atoms with Crippen LogP contribution in [0.3, 0.4) is 0 Å². The Morgan fingerprint density at radius 1 is 1.14 bits per heavy atom. The molecule has 0 spiro atoms. The SMILES string of the molecule is COc1ccc(NC(=O)CSCc2ccc(Br)cc2)cc1. The van der Waals surface area contributed by atoms with Crippen molar-refractivity contribution in [1.29, 1.82) is 0 Å². The second-order valence-corrected chi connectivity index (χ2v) is 6.30. The standard InChI is InChI=1S/C16H16BrNO2S/c1-20-15-8-6-14(7-9-15)18-16(19)11-21-10-12-2-4-13(17)5-3-12/h2-9H,10-11H2,1H3,(H,18,19). The topological polar surface area (TPSA) is 38.3 Å². The molecule has 0 bridgehead atoms. The van der Waals surface area contributed by atoms with Gasteiger partial charge in [-0.25, -0.2) is 0 Å². The number of amides is 1. The maximum absolute atomic E-state index is 11.8. The molecule has 2 aromatic carbocycles. The van der Waals surface area contributed by atoms with Crippen molar-refractivity contribution in [1.82, 2.24) is 0 Å². The van der Waals surface area contributed by atoms with Gasteiger partial charge in [0.05, 0.1) is 12.9 Å². The summed E-state index contributed by atoms with van der Waals surface area (Å²) in [6.07, 6.45) is 0. The number of carbonyl (C=O) groups excluding carboxylic acids is 1. The Labute approximate surface area is 137 Å². The van der Waals surface area contributed by atoms with E-state index in [2.05, 4.69) is 33.4 Å². The molecule has 110 valence electrons. The van der Waals surface area contributed by atoms with Crippen LogP contribution in [0.2, 0.25) is 0 Å². The third-order valence-corrected chi connectivity index (χ3v) is 4.32. The smallest absolute Gasteiger partial charge is 0.234 e. The third-order valence-electron chi connectivity index (χ3n) is 2.79. The first kappa shape index (κ1) is 15.9. The largest absolute Gasteiger partial charge is 0.497 e. The molecule has 1 N–H and O–H groups in total. The van der Waals surface area contributed by atoms with Gasteiger partial charge in [-0.2, -0.15) is 0 Å². The minimum absolute atomic E-state index is 0.00211. The van der Waals surface area contributed by atoms with Crippen LogP contribution in [0.4, 0.5) is 5.69 Å². The number of thioether (sulfide) groups is 1. The highest BCUT2D eigenvalue weighted by Gasteiger charge is 2.03. The second-order valence-electron chi connectivity index (χ2n) is 4.40. The summed E-state index contributed by atoms with van der Waals surface area (Å²) in [4.78, 5) is 11.8. The highest BCUT2D eigenvalue weighted by molar-refractivity contribution is 9.10. The van der Waals surface area contributed by atoms with Gasteiger partial charge in [0.15, 0.2) is 0 Å². The maximum atomic E-state index is 11.8. The summed E-state index contributed by atoms with van der Waals surface area (Å²) in [6, 6.07) is 15.4. The summed E-state index contributed by atoms with van der Waals surface area (Å²) >= 11 is 5.00. The molecule has 0 unspecified atom stereocenters. The Hall–Kier alpha value is -1.46. The first-order valence-corrected chi connectivity index (χ1v) is 8.38. The Bertz CT molecular complexity index is 584. The number of ether oxygens (including phenoxy) is 1. The first-order valence-electron chi connectivity index (χ1n) is 6.43. The van der Waals surface area contributed by atoms with Crippen LogP contribution in [0, 0.1) is 0 Å². The number of methoxy groups -OCH3 is 1. The van der Waals surface area contributed by atoms with Gasteiger partial charge >= 0.3 is 0 Å². The predicted molar refractivity (Wildman–Crippen MR) is 91.9 cm³/mol. The van der Waals surface area contributed by atoms with Gasteiger partial charge in [0.2, 0.25) is 5.91 Å². The van der Waals surface area contributed by atoms with E-state index in [-0.39, 0.29) is 5.91 Å². The van der Waals surface area contributed by atoms with E-state index in [1.165, 1.54) is 5.56 Å². The molecule has 0 aliphatic carbocycles. The van der Waals surface area contributed by atoms with Crippen LogP contribution in [0.5, 0.6) is 5.75 Å². The Morgan fingerprint density at radius 2 is 1.81 bits per heavy atom. The summed E-state index contributed by atoms with van der Waals surface area (Å²) in [5.74, 6) is 2.03. The zero-order chi connectivity index (χ0) is 15.1. The molecule has 0 aromatic heterocycles. The fourth-order valence-corrected chi connectivity index (χ4v) is 2.77. The Morgan fingerprint density at radius 3 is 2.43 bits per heavy atom. The number of nitrogens with one attached hydrogen (secondary N) is 1. The molecular weight excluding hydrogens is 350 g/mol. The average molecular weight is 366 g/mol. The quantitative estimate of drug-likeness (QED) is 0.827. The molecule has 0 atom stereocenters. The van der Waals surface area contributed by atoms with Crippen LogP contribution < -0.4 is 10.1 Å². The van der Waals surface area contributed by atoms with Crippen LogP contribution in [0.1, 0.15) is 5.56 Å². The molecular formula is C16H16BrNO2S. The van der Waals surface area contributed by atoms with E-state index in [1.807, 2.05) is 36.4 Å². The molecule has 0 radical (unpaired) electrons. The van der Waals surface area contributed by atoms with Crippen LogP contribution in [0.15, 0.2) is 53.0 Å². The van der Waals surface area contributed by atoms with Crippen LogP contribution in [-0.4, -0.2) is 18.8 Å². The van der Waals surface area contributed by atoms with Crippen molar-refractivity contribution in [2.75, 3.05) is 18.2 Å². The normalized spacial score (nSPS) is 10.2. The van der Waals surface area contributed by atoms with Crippen molar-refractivity contribution in [2.24, 2.45) is 0 Å². The number of rotatable bonds is 6. The Balaban J connectivity index is 1.75. The van der Waals surface area contributed by atoms with Gasteiger partial charge in [-0.15, -0.1) is 11.8 Å². The van der Waals surface area contributed by atoms with Crippen LogP contribution in [0.25, 0.3) is 0 Å². The molecule has 0 aliphatic heterocycles. The molecule has 0 saturated heterocycles. The molecule has 1 amide bonds. The third kappa shape index (κ3) is 5.44. The van der Waals surface area contributed by atoms with Crippen molar-refractivity contribution in [2.45, 2.75) is 5.75 Å². The lowest BCUT2D eigenvalue weighted by atomic mass is 10.2. The van der Waals surface area contributed by atoms with Crippen LogP contribution >= 0.6 is 27.7 Å². The molecule has 21 heavy (non-hydrogen) atoms.